The molecule has 1 heterocycles. The predicted octanol–water partition coefficient (Wildman–Crippen LogP) is 4.54. The van der Waals surface area contributed by atoms with Crippen molar-refractivity contribution in [1.29, 1.82) is 0 Å². The molecule has 152 valence electrons. The van der Waals surface area contributed by atoms with Crippen molar-refractivity contribution >= 4 is 23.2 Å². The third-order valence-electron chi connectivity index (χ3n) is 4.26. The lowest BCUT2D eigenvalue weighted by Crippen LogP contribution is -2.26. The lowest BCUT2D eigenvalue weighted by atomic mass is 10.1. The van der Waals surface area contributed by atoms with Crippen LogP contribution >= 0.6 is 11.6 Å². The van der Waals surface area contributed by atoms with Crippen LogP contribution in [0.15, 0.2) is 54.7 Å². The summed E-state index contributed by atoms with van der Waals surface area (Å²) >= 11 is 5.79. The monoisotopic (exact) mass is 422 g/mol. The highest BCUT2D eigenvalue weighted by Crippen LogP contribution is 2.33. The fraction of sp³-hybridized carbons (Fsp3) is 0.200. The van der Waals surface area contributed by atoms with Crippen LogP contribution in [0.25, 0.3) is 5.69 Å². The quantitative estimate of drug-likeness (QED) is 0.656. The van der Waals surface area contributed by atoms with E-state index < -0.39 is 23.3 Å². The van der Waals surface area contributed by atoms with Crippen LogP contribution in [-0.4, -0.2) is 29.8 Å². The van der Waals surface area contributed by atoms with Crippen molar-refractivity contribution in [2.75, 3.05) is 19.0 Å². The van der Waals surface area contributed by atoms with Gasteiger partial charge in [0.05, 0.1) is 17.4 Å². The van der Waals surface area contributed by atoms with Crippen LogP contribution in [0.2, 0.25) is 5.02 Å². The molecular weight excluding hydrogens is 405 g/mol. The number of nitrogens with zero attached hydrogens (tertiary/aromatic N) is 3. The van der Waals surface area contributed by atoms with Gasteiger partial charge in [-0.05, 0) is 42.0 Å². The zero-order valence-corrected chi connectivity index (χ0v) is 16.4. The molecule has 0 unspecified atom stereocenters. The Labute approximate surface area is 170 Å². The molecule has 1 amide bonds. The molecule has 29 heavy (non-hydrogen) atoms. The molecule has 2 aromatic carbocycles. The first kappa shape index (κ1) is 20.7. The Hall–Kier alpha value is -3.00. The van der Waals surface area contributed by atoms with Gasteiger partial charge in [0.25, 0.3) is 5.91 Å². The third kappa shape index (κ3) is 4.71. The molecule has 9 heteroatoms. The van der Waals surface area contributed by atoms with E-state index in [1.807, 2.05) is 31.1 Å². The van der Waals surface area contributed by atoms with Gasteiger partial charge in [0.2, 0.25) is 0 Å². The van der Waals surface area contributed by atoms with Crippen LogP contribution in [0.4, 0.5) is 18.9 Å². The first-order valence-corrected chi connectivity index (χ1v) is 9.00. The lowest BCUT2D eigenvalue weighted by molar-refractivity contribution is -0.143. The Morgan fingerprint density at radius 1 is 1.10 bits per heavy atom. The Bertz CT molecular complexity index is 996. The minimum atomic E-state index is -4.77. The van der Waals surface area contributed by atoms with Crippen molar-refractivity contribution < 1.29 is 18.0 Å². The van der Waals surface area contributed by atoms with Crippen LogP contribution in [0, 0.1) is 0 Å². The van der Waals surface area contributed by atoms with Gasteiger partial charge in [0.1, 0.15) is 0 Å². The average molecular weight is 423 g/mol. The molecule has 1 aromatic heterocycles. The summed E-state index contributed by atoms with van der Waals surface area (Å²) < 4.78 is 41.7. The molecule has 0 saturated carbocycles. The smallest absolute Gasteiger partial charge is 0.378 e. The van der Waals surface area contributed by atoms with E-state index in [0.717, 1.165) is 17.4 Å². The number of rotatable bonds is 5. The van der Waals surface area contributed by atoms with Crippen molar-refractivity contribution in [1.82, 2.24) is 15.1 Å². The molecule has 0 aliphatic heterocycles. The summed E-state index contributed by atoms with van der Waals surface area (Å²) in [5.41, 5.74) is 0.212. The van der Waals surface area contributed by atoms with Gasteiger partial charge >= 0.3 is 6.18 Å². The summed E-state index contributed by atoms with van der Waals surface area (Å²) in [6, 6.07) is 13.0. The Balaban J connectivity index is 1.84. The number of amides is 1. The maximum Gasteiger partial charge on any atom is 0.434 e. The Morgan fingerprint density at radius 3 is 2.28 bits per heavy atom. The molecular formula is C20H18ClF3N4O. The topological polar surface area (TPSA) is 50.2 Å². The highest BCUT2D eigenvalue weighted by Gasteiger charge is 2.40. The number of anilines is 1. The molecule has 0 aliphatic rings. The first-order valence-electron chi connectivity index (χ1n) is 8.62. The number of hydrogen-bond acceptors (Lipinski definition) is 3. The van der Waals surface area contributed by atoms with Gasteiger partial charge in [-0.3, -0.25) is 4.79 Å². The van der Waals surface area contributed by atoms with E-state index in [-0.39, 0.29) is 12.2 Å². The van der Waals surface area contributed by atoms with Gasteiger partial charge in [-0.2, -0.15) is 18.3 Å². The second-order valence-electron chi connectivity index (χ2n) is 6.54. The third-order valence-corrected chi connectivity index (χ3v) is 4.51. The molecule has 0 radical (unpaired) electrons. The van der Waals surface area contributed by atoms with Crippen LogP contribution in [0.1, 0.15) is 21.6 Å². The molecule has 3 aromatic rings. The highest BCUT2D eigenvalue weighted by molar-refractivity contribution is 6.30. The maximum absolute atomic E-state index is 13.7. The number of nitrogens with one attached hydrogen (secondary N) is 1. The molecule has 0 spiro atoms. The van der Waals surface area contributed by atoms with Crippen LogP contribution < -0.4 is 10.2 Å². The van der Waals surface area contributed by atoms with Crippen LogP contribution in [-0.2, 0) is 12.7 Å². The maximum atomic E-state index is 13.7. The van der Waals surface area contributed by atoms with Crippen molar-refractivity contribution in [2.45, 2.75) is 12.7 Å². The summed E-state index contributed by atoms with van der Waals surface area (Å²) in [4.78, 5) is 14.4. The summed E-state index contributed by atoms with van der Waals surface area (Å²) in [6.45, 7) is 0.0932. The normalized spacial score (nSPS) is 11.4. The van der Waals surface area contributed by atoms with Gasteiger partial charge < -0.3 is 10.2 Å². The summed E-state index contributed by atoms with van der Waals surface area (Å²) in [6.07, 6.45) is -3.85. The zero-order chi connectivity index (χ0) is 21.2. The van der Waals surface area contributed by atoms with Crippen molar-refractivity contribution in [3.05, 3.63) is 76.6 Å². The number of carbonyl (C=O) groups is 1. The second kappa shape index (κ2) is 8.16. The number of carbonyl (C=O) groups excluding carboxylic acids is 1. The van der Waals surface area contributed by atoms with Gasteiger partial charge in [-0.25, -0.2) is 4.68 Å². The SMILES string of the molecule is CN(C)c1ccc(CNC(=O)c2cnn(-c3ccc(Cl)cc3)c2C(F)(F)F)cc1. The molecule has 0 atom stereocenters. The van der Waals surface area contributed by atoms with Gasteiger partial charge in [0, 0.05) is 31.4 Å². The van der Waals surface area contributed by atoms with Crippen molar-refractivity contribution in [3.8, 4) is 5.69 Å². The fourth-order valence-electron chi connectivity index (χ4n) is 2.75. The summed E-state index contributed by atoms with van der Waals surface area (Å²) in [7, 11) is 3.79. The highest BCUT2D eigenvalue weighted by atomic mass is 35.5. The van der Waals surface area contributed by atoms with E-state index in [0.29, 0.717) is 9.70 Å². The van der Waals surface area contributed by atoms with E-state index in [2.05, 4.69) is 10.4 Å². The summed E-state index contributed by atoms with van der Waals surface area (Å²) in [5.74, 6) is -0.853. The minimum absolute atomic E-state index is 0.0932. The molecule has 5 nitrogen and oxygen atoms in total. The molecule has 3 rings (SSSR count). The van der Waals surface area contributed by atoms with Gasteiger partial charge in [0.15, 0.2) is 5.69 Å². The lowest BCUT2D eigenvalue weighted by Gasteiger charge is -2.14. The van der Waals surface area contributed by atoms with E-state index in [1.54, 1.807) is 12.1 Å². The molecule has 0 saturated heterocycles. The number of benzene rings is 2. The minimum Gasteiger partial charge on any atom is -0.378 e. The van der Waals surface area contributed by atoms with Crippen molar-refractivity contribution in [2.24, 2.45) is 0 Å². The van der Waals surface area contributed by atoms with Gasteiger partial charge in [-0.15, -0.1) is 0 Å². The molecule has 0 fully saturated rings. The number of halogens is 4. The molecule has 0 bridgehead atoms. The Kier molecular flexibility index (Phi) is 5.83. The number of hydrogen-bond donors (Lipinski definition) is 1. The largest absolute Gasteiger partial charge is 0.434 e. The van der Waals surface area contributed by atoms with E-state index >= 15 is 0 Å². The second-order valence-corrected chi connectivity index (χ2v) is 6.97. The van der Waals surface area contributed by atoms with Crippen LogP contribution in [0.5, 0.6) is 0 Å². The van der Waals surface area contributed by atoms with E-state index in [4.69, 9.17) is 11.6 Å². The van der Waals surface area contributed by atoms with E-state index in [1.165, 1.54) is 24.3 Å². The number of aromatic nitrogens is 2. The Morgan fingerprint density at radius 2 is 1.72 bits per heavy atom. The average Bonchev–Trinajstić information content (AvgIpc) is 3.13. The first-order chi connectivity index (χ1) is 13.7. The summed E-state index contributed by atoms with van der Waals surface area (Å²) in [5, 5.41) is 6.68. The standard InChI is InChI=1S/C20H18ClF3N4O/c1-27(2)15-7-3-13(4-8-15)11-25-19(29)17-12-26-28(18(17)20(22,23)24)16-9-5-14(21)6-10-16/h3-10,12H,11H2,1-2H3,(H,25,29). The number of alkyl halides is 3. The van der Waals surface area contributed by atoms with E-state index in [9.17, 15) is 18.0 Å². The predicted molar refractivity (Wildman–Crippen MR) is 106 cm³/mol. The van der Waals surface area contributed by atoms with Crippen LogP contribution in [0.3, 0.4) is 0 Å². The van der Waals surface area contributed by atoms with Gasteiger partial charge in [-0.1, -0.05) is 23.7 Å². The fourth-order valence-corrected chi connectivity index (χ4v) is 2.88. The zero-order valence-electron chi connectivity index (χ0n) is 15.7. The molecule has 1 N–H and O–H groups in total. The van der Waals surface area contributed by atoms with Crippen molar-refractivity contribution in [3.63, 3.8) is 0 Å². The molecule has 0 aliphatic carbocycles.